The number of amides is 1. The third kappa shape index (κ3) is 2.46. The van der Waals surface area contributed by atoms with Gasteiger partial charge >= 0.3 is 5.97 Å². The minimum absolute atomic E-state index is 0.0369. The molecular weight excluding hydrogens is 222 g/mol. The highest BCUT2D eigenvalue weighted by Crippen LogP contribution is 2.20. The lowest BCUT2D eigenvalue weighted by molar-refractivity contribution is -0.119. The van der Waals surface area contributed by atoms with E-state index in [0.717, 1.165) is 12.2 Å². The number of nitrogens with zero attached hydrogens (tertiary/aromatic N) is 2. The molecule has 1 aliphatic heterocycles. The van der Waals surface area contributed by atoms with Crippen LogP contribution in [0.5, 0.6) is 0 Å². The van der Waals surface area contributed by atoms with E-state index in [-0.39, 0.29) is 11.6 Å². The lowest BCUT2D eigenvalue weighted by atomic mass is 9.97. The van der Waals surface area contributed by atoms with Crippen LogP contribution in [0.15, 0.2) is 6.20 Å². The molecule has 1 unspecified atom stereocenters. The highest BCUT2D eigenvalue weighted by molar-refractivity contribution is 5.85. The predicted molar refractivity (Wildman–Crippen MR) is 59.7 cm³/mol. The number of carbonyl (C=O) groups is 2. The van der Waals surface area contributed by atoms with Crippen LogP contribution in [0.4, 0.5) is 0 Å². The summed E-state index contributed by atoms with van der Waals surface area (Å²) in [5.74, 6) is 0.161. The summed E-state index contributed by atoms with van der Waals surface area (Å²) in [7, 11) is 0. The van der Waals surface area contributed by atoms with Crippen molar-refractivity contribution in [2.75, 3.05) is 6.54 Å². The van der Waals surface area contributed by atoms with Gasteiger partial charge in [0, 0.05) is 26.4 Å². The fourth-order valence-corrected chi connectivity index (χ4v) is 2.13. The van der Waals surface area contributed by atoms with Crippen LogP contribution in [-0.2, 0) is 17.8 Å². The third-order valence-corrected chi connectivity index (χ3v) is 3.03. The van der Waals surface area contributed by atoms with Gasteiger partial charge in [-0.05, 0) is 12.3 Å². The van der Waals surface area contributed by atoms with E-state index in [1.165, 1.54) is 13.1 Å². The lowest BCUT2D eigenvalue weighted by Crippen LogP contribution is -2.32. The van der Waals surface area contributed by atoms with E-state index >= 15 is 0 Å². The zero-order chi connectivity index (χ0) is 12.4. The van der Waals surface area contributed by atoms with Crippen molar-refractivity contribution in [2.24, 2.45) is 5.92 Å². The number of nitrogens with one attached hydrogen (secondary N) is 1. The number of fused-ring (bicyclic) bond motifs is 1. The molecule has 0 bridgehead atoms. The molecule has 0 aliphatic carbocycles. The van der Waals surface area contributed by atoms with Crippen LogP contribution < -0.4 is 5.32 Å². The Hall–Kier alpha value is -1.85. The van der Waals surface area contributed by atoms with Crippen LogP contribution in [0.1, 0.15) is 29.7 Å². The molecule has 6 heteroatoms. The number of hydrogen-bond donors (Lipinski definition) is 2. The molecule has 2 heterocycles. The highest BCUT2D eigenvalue weighted by atomic mass is 16.4. The van der Waals surface area contributed by atoms with Crippen molar-refractivity contribution in [3.8, 4) is 0 Å². The van der Waals surface area contributed by atoms with Crippen LogP contribution in [-0.4, -0.2) is 33.1 Å². The molecule has 2 rings (SSSR count). The Kier molecular flexibility index (Phi) is 3.12. The molecule has 0 saturated carbocycles. The zero-order valence-corrected chi connectivity index (χ0v) is 9.64. The van der Waals surface area contributed by atoms with E-state index in [2.05, 4.69) is 10.3 Å². The molecule has 0 saturated heterocycles. The summed E-state index contributed by atoms with van der Waals surface area (Å²) in [4.78, 5) is 25.9. The first-order chi connectivity index (χ1) is 8.08. The van der Waals surface area contributed by atoms with E-state index in [1.807, 2.05) is 0 Å². The van der Waals surface area contributed by atoms with Crippen molar-refractivity contribution in [1.82, 2.24) is 14.9 Å². The summed E-state index contributed by atoms with van der Waals surface area (Å²) in [5, 5.41) is 11.7. The molecular formula is C11H15N3O3. The molecule has 1 atom stereocenters. The summed E-state index contributed by atoms with van der Waals surface area (Å²) in [6.45, 7) is 2.78. The first-order valence-electron chi connectivity index (χ1n) is 5.60. The summed E-state index contributed by atoms with van der Waals surface area (Å²) >= 11 is 0. The quantitative estimate of drug-likeness (QED) is 0.790. The molecule has 0 fully saturated rings. The van der Waals surface area contributed by atoms with Crippen LogP contribution in [0.25, 0.3) is 0 Å². The number of hydrogen-bond acceptors (Lipinski definition) is 3. The number of imidazole rings is 1. The summed E-state index contributed by atoms with van der Waals surface area (Å²) in [6.07, 6.45) is 2.98. The van der Waals surface area contributed by atoms with Gasteiger partial charge in [0.2, 0.25) is 5.91 Å². The van der Waals surface area contributed by atoms with Crippen LogP contribution in [0.3, 0.4) is 0 Å². The van der Waals surface area contributed by atoms with E-state index in [0.29, 0.717) is 25.4 Å². The average Bonchev–Trinajstić information content (AvgIpc) is 2.69. The van der Waals surface area contributed by atoms with Gasteiger partial charge in [-0.3, -0.25) is 4.79 Å². The maximum atomic E-state index is 10.9. The summed E-state index contributed by atoms with van der Waals surface area (Å²) in [5.41, 5.74) is 0.248. The number of aromatic nitrogens is 2. The van der Waals surface area contributed by atoms with Crippen LogP contribution in [0.2, 0.25) is 0 Å². The van der Waals surface area contributed by atoms with Gasteiger partial charge < -0.3 is 15.0 Å². The van der Waals surface area contributed by atoms with Gasteiger partial charge in [0.1, 0.15) is 11.5 Å². The van der Waals surface area contributed by atoms with Gasteiger partial charge in [-0.1, -0.05) is 0 Å². The van der Waals surface area contributed by atoms with Gasteiger partial charge in [0.05, 0.1) is 6.20 Å². The smallest absolute Gasteiger partial charge is 0.354 e. The Morgan fingerprint density at radius 2 is 2.41 bits per heavy atom. The third-order valence-electron chi connectivity index (χ3n) is 3.03. The number of carboxylic acids is 1. The number of aromatic carboxylic acids is 1. The Bertz CT molecular complexity index is 453. The van der Waals surface area contributed by atoms with E-state index in [4.69, 9.17) is 5.11 Å². The van der Waals surface area contributed by atoms with Gasteiger partial charge in [0.15, 0.2) is 0 Å². The topological polar surface area (TPSA) is 84.2 Å². The number of carbonyl (C=O) groups excluding carboxylic acids is 1. The lowest BCUT2D eigenvalue weighted by Gasteiger charge is -2.24. The fourth-order valence-electron chi connectivity index (χ4n) is 2.13. The normalized spacial score (nSPS) is 18.5. The Labute approximate surface area is 98.7 Å². The first-order valence-corrected chi connectivity index (χ1v) is 5.60. The Morgan fingerprint density at radius 1 is 1.65 bits per heavy atom. The number of rotatable bonds is 3. The zero-order valence-electron chi connectivity index (χ0n) is 9.64. The van der Waals surface area contributed by atoms with E-state index < -0.39 is 5.97 Å². The fraction of sp³-hybridized carbons (Fsp3) is 0.545. The standard InChI is InChI=1S/C11H15N3O3/c1-7(15)12-5-8-2-3-14-9(11(16)17)6-13-10(14)4-8/h6,8H,2-5H2,1H3,(H,12,15)(H,16,17). The highest BCUT2D eigenvalue weighted by Gasteiger charge is 2.23. The second-order valence-corrected chi connectivity index (χ2v) is 4.31. The first kappa shape index (κ1) is 11.6. The molecule has 0 spiro atoms. The molecule has 1 amide bonds. The second kappa shape index (κ2) is 4.57. The van der Waals surface area contributed by atoms with Crippen molar-refractivity contribution in [3.63, 3.8) is 0 Å². The van der Waals surface area contributed by atoms with E-state index in [9.17, 15) is 9.59 Å². The van der Waals surface area contributed by atoms with Crippen LogP contribution in [0, 0.1) is 5.92 Å². The van der Waals surface area contributed by atoms with E-state index in [1.54, 1.807) is 4.57 Å². The summed E-state index contributed by atoms with van der Waals surface area (Å²) in [6, 6.07) is 0. The molecule has 2 N–H and O–H groups in total. The largest absolute Gasteiger partial charge is 0.477 e. The second-order valence-electron chi connectivity index (χ2n) is 4.31. The van der Waals surface area contributed by atoms with Crippen molar-refractivity contribution in [1.29, 1.82) is 0 Å². The maximum Gasteiger partial charge on any atom is 0.354 e. The van der Waals surface area contributed by atoms with Crippen molar-refractivity contribution < 1.29 is 14.7 Å². The number of carboxylic acid groups (broad SMARTS) is 1. The SMILES string of the molecule is CC(=O)NCC1CCn2c(C(=O)O)cnc2C1. The average molecular weight is 237 g/mol. The van der Waals surface area contributed by atoms with Gasteiger partial charge in [-0.2, -0.15) is 0 Å². The molecule has 92 valence electrons. The molecule has 1 aromatic heterocycles. The molecule has 0 aromatic carbocycles. The van der Waals surface area contributed by atoms with Gasteiger partial charge in [-0.25, -0.2) is 9.78 Å². The molecule has 1 aromatic rings. The van der Waals surface area contributed by atoms with Gasteiger partial charge in [0.25, 0.3) is 0 Å². The minimum Gasteiger partial charge on any atom is -0.477 e. The molecule has 0 radical (unpaired) electrons. The molecule has 6 nitrogen and oxygen atoms in total. The summed E-state index contributed by atoms with van der Waals surface area (Å²) < 4.78 is 1.74. The van der Waals surface area contributed by atoms with Crippen molar-refractivity contribution in [2.45, 2.75) is 26.3 Å². The van der Waals surface area contributed by atoms with Crippen molar-refractivity contribution >= 4 is 11.9 Å². The Morgan fingerprint density at radius 3 is 3.06 bits per heavy atom. The van der Waals surface area contributed by atoms with Crippen LogP contribution >= 0.6 is 0 Å². The maximum absolute atomic E-state index is 10.9. The Balaban J connectivity index is 2.05. The molecule has 1 aliphatic rings. The molecule has 17 heavy (non-hydrogen) atoms. The minimum atomic E-state index is -0.941. The van der Waals surface area contributed by atoms with Crippen molar-refractivity contribution in [3.05, 3.63) is 17.7 Å². The van der Waals surface area contributed by atoms with Gasteiger partial charge in [-0.15, -0.1) is 0 Å². The predicted octanol–water partition coefficient (Wildman–Crippen LogP) is 0.280. The monoisotopic (exact) mass is 237 g/mol.